The maximum absolute atomic E-state index is 13.0. The van der Waals surface area contributed by atoms with Crippen LogP contribution in [0.1, 0.15) is 31.9 Å². The number of amides is 3. The van der Waals surface area contributed by atoms with E-state index < -0.39 is 41.5 Å². The zero-order valence-corrected chi connectivity index (χ0v) is 19.8. The molecule has 182 valence electrons. The molecule has 2 rings (SSSR count). The first-order chi connectivity index (χ1) is 16.1. The average molecular weight is 470 g/mol. The zero-order chi connectivity index (χ0) is 25.1. The number of methoxy groups -OCH3 is 1. The number of hydrogen-bond acceptors (Lipinski definition) is 6. The van der Waals surface area contributed by atoms with Gasteiger partial charge in [-0.25, -0.2) is 9.59 Å². The quantitative estimate of drug-likeness (QED) is 0.458. The molecule has 0 saturated carbocycles. The van der Waals surface area contributed by atoms with E-state index in [2.05, 4.69) is 16.0 Å². The number of hydrogen-bond donors (Lipinski definition) is 3. The summed E-state index contributed by atoms with van der Waals surface area (Å²) in [6.45, 7) is 4.55. The molecular weight excluding hydrogens is 438 g/mol. The summed E-state index contributed by atoms with van der Waals surface area (Å²) >= 11 is 0. The molecule has 0 radical (unpaired) electrons. The van der Waals surface area contributed by atoms with Gasteiger partial charge in [-0.2, -0.15) is 0 Å². The SMILES string of the molecule is COC(=O)C(C)(C)NC(=O)[C@H](Cc1ccccc1)NC(=O)[C@H](C)NC(=O)OCc1ccccc1. The van der Waals surface area contributed by atoms with Crippen LogP contribution in [-0.2, 0) is 36.9 Å². The number of carbonyl (C=O) groups excluding carboxylic acids is 4. The maximum Gasteiger partial charge on any atom is 0.408 e. The first-order valence-corrected chi connectivity index (χ1v) is 10.8. The monoisotopic (exact) mass is 469 g/mol. The average Bonchev–Trinajstić information content (AvgIpc) is 2.82. The summed E-state index contributed by atoms with van der Waals surface area (Å²) < 4.78 is 9.87. The first kappa shape index (κ1) is 26.4. The molecule has 0 unspecified atom stereocenters. The van der Waals surface area contributed by atoms with Crippen molar-refractivity contribution in [3.63, 3.8) is 0 Å². The molecule has 0 saturated heterocycles. The van der Waals surface area contributed by atoms with Crippen LogP contribution < -0.4 is 16.0 Å². The molecule has 9 nitrogen and oxygen atoms in total. The third-order valence-electron chi connectivity index (χ3n) is 4.99. The topological polar surface area (TPSA) is 123 Å². The summed E-state index contributed by atoms with van der Waals surface area (Å²) in [6, 6.07) is 16.3. The van der Waals surface area contributed by atoms with Crippen LogP contribution in [0.15, 0.2) is 60.7 Å². The summed E-state index contributed by atoms with van der Waals surface area (Å²) in [5, 5.41) is 7.72. The lowest BCUT2D eigenvalue weighted by Gasteiger charge is -2.27. The van der Waals surface area contributed by atoms with E-state index in [4.69, 9.17) is 9.47 Å². The van der Waals surface area contributed by atoms with E-state index in [1.54, 1.807) is 0 Å². The van der Waals surface area contributed by atoms with E-state index in [-0.39, 0.29) is 13.0 Å². The van der Waals surface area contributed by atoms with E-state index in [9.17, 15) is 19.2 Å². The van der Waals surface area contributed by atoms with Crippen molar-refractivity contribution in [3.05, 3.63) is 71.8 Å². The number of nitrogens with one attached hydrogen (secondary N) is 3. The Morgan fingerprint density at radius 2 is 1.41 bits per heavy atom. The summed E-state index contributed by atoms with van der Waals surface area (Å²) in [5.41, 5.74) is 0.320. The van der Waals surface area contributed by atoms with Crippen LogP contribution in [0, 0.1) is 0 Å². The van der Waals surface area contributed by atoms with Gasteiger partial charge in [0.25, 0.3) is 0 Å². The molecule has 0 aliphatic rings. The van der Waals surface area contributed by atoms with Gasteiger partial charge in [0.05, 0.1) is 7.11 Å². The molecular formula is C25H31N3O6. The molecule has 9 heteroatoms. The van der Waals surface area contributed by atoms with Gasteiger partial charge in [0.2, 0.25) is 11.8 Å². The van der Waals surface area contributed by atoms with Crippen molar-refractivity contribution >= 4 is 23.9 Å². The molecule has 0 bridgehead atoms. The van der Waals surface area contributed by atoms with Gasteiger partial charge in [0.1, 0.15) is 24.2 Å². The summed E-state index contributed by atoms with van der Waals surface area (Å²) in [5.74, 6) is -1.77. The molecule has 2 aromatic rings. The Balaban J connectivity index is 2.02. The normalized spacial score (nSPS) is 12.6. The van der Waals surface area contributed by atoms with Crippen molar-refractivity contribution in [2.45, 2.75) is 51.4 Å². The van der Waals surface area contributed by atoms with Gasteiger partial charge in [-0.15, -0.1) is 0 Å². The molecule has 0 heterocycles. The van der Waals surface area contributed by atoms with Gasteiger partial charge < -0.3 is 25.4 Å². The molecule has 34 heavy (non-hydrogen) atoms. The number of rotatable bonds is 10. The summed E-state index contributed by atoms with van der Waals surface area (Å²) in [7, 11) is 1.23. The molecule has 0 aliphatic carbocycles. The lowest BCUT2D eigenvalue weighted by atomic mass is 10.0. The van der Waals surface area contributed by atoms with Crippen molar-refractivity contribution in [1.29, 1.82) is 0 Å². The van der Waals surface area contributed by atoms with Gasteiger partial charge in [0.15, 0.2) is 0 Å². The highest BCUT2D eigenvalue weighted by Crippen LogP contribution is 2.09. The number of carbonyl (C=O) groups is 4. The van der Waals surface area contributed by atoms with Gasteiger partial charge in [-0.1, -0.05) is 60.7 Å². The van der Waals surface area contributed by atoms with Crippen molar-refractivity contribution < 1.29 is 28.7 Å². The first-order valence-electron chi connectivity index (χ1n) is 10.8. The van der Waals surface area contributed by atoms with E-state index in [0.717, 1.165) is 11.1 Å². The molecule has 2 aromatic carbocycles. The second-order valence-electron chi connectivity index (χ2n) is 8.28. The number of alkyl carbamates (subject to hydrolysis) is 1. The van der Waals surface area contributed by atoms with Crippen LogP contribution in [0.25, 0.3) is 0 Å². The molecule has 3 N–H and O–H groups in total. The Bertz CT molecular complexity index is 979. The third kappa shape index (κ3) is 8.23. The minimum Gasteiger partial charge on any atom is -0.467 e. The van der Waals surface area contributed by atoms with Gasteiger partial charge in [-0.05, 0) is 31.9 Å². The summed E-state index contributed by atoms with van der Waals surface area (Å²) in [4.78, 5) is 49.8. The lowest BCUT2D eigenvalue weighted by Crippen LogP contribution is -2.59. The van der Waals surface area contributed by atoms with Crippen LogP contribution in [0.2, 0.25) is 0 Å². The highest BCUT2D eigenvalue weighted by molar-refractivity contribution is 5.94. The predicted octanol–water partition coefficient (Wildman–Crippen LogP) is 2.10. The standard InChI is InChI=1S/C25H31N3O6/c1-17(26-24(32)34-16-19-13-9-6-10-14-19)21(29)27-20(15-18-11-7-5-8-12-18)22(30)28-25(2,3)23(31)33-4/h5-14,17,20H,15-16H2,1-4H3,(H,26,32)(H,27,29)(H,28,30)/t17-,20-/m0/s1. The Morgan fingerprint density at radius 1 is 0.853 bits per heavy atom. The molecule has 0 fully saturated rings. The van der Waals surface area contributed by atoms with Crippen LogP contribution >= 0.6 is 0 Å². The van der Waals surface area contributed by atoms with Gasteiger partial charge >= 0.3 is 12.1 Å². The Labute approximate surface area is 199 Å². The van der Waals surface area contributed by atoms with Crippen LogP contribution in [0.5, 0.6) is 0 Å². The smallest absolute Gasteiger partial charge is 0.408 e. The third-order valence-corrected chi connectivity index (χ3v) is 4.99. The highest BCUT2D eigenvalue weighted by Gasteiger charge is 2.34. The molecule has 2 atom stereocenters. The molecule has 0 aliphatic heterocycles. The van der Waals surface area contributed by atoms with Crippen LogP contribution in [0.3, 0.4) is 0 Å². The van der Waals surface area contributed by atoms with Crippen molar-refractivity contribution in [2.24, 2.45) is 0 Å². The number of esters is 1. The van der Waals surface area contributed by atoms with Gasteiger partial charge in [-0.3, -0.25) is 9.59 Å². The maximum atomic E-state index is 13.0. The fourth-order valence-electron chi connectivity index (χ4n) is 3.06. The zero-order valence-electron chi connectivity index (χ0n) is 19.8. The Kier molecular flexibility index (Phi) is 9.61. The summed E-state index contributed by atoms with van der Waals surface area (Å²) in [6.07, 6.45) is -0.580. The molecule has 3 amide bonds. The minimum absolute atomic E-state index is 0.0582. The fraction of sp³-hybridized carbons (Fsp3) is 0.360. The lowest BCUT2D eigenvalue weighted by molar-refractivity contribution is -0.149. The largest absolute Gasteiger partial charge is 0.467 e. The van der Waals surface area contributed by atoms with Gasteiger partial charge in [0, 0.05) is 6.42 Å². The van der Waals surface area contributed by atoms with E-state index in [1.807, 2.05) is 60.7 Å². The predicted molar refractivity (Wildman–Crippen MR) is 126 cm³/mol. The van der Waals surface area contributed by atoms with E-state index in [0.29, 0.717) is 0 Å². The van der Waals surface area contributed by atoms with E-state index in [1.165, 1.54) is 27.9 Å². The van der Waals surface area contributed by atoms with Crippen LogP contribution in [-0.4, -0.2) is 48.6 Å². The Hall–Kier alpha value is -3.88. The van der Waals surface area contributed by atoms with Crippen LogP contribution in [0.4, 0.5) is 4.79 Å². The molecule has 0 aromatic heterocycles. The van der Waals surface area contributed by atoms with Crippen molar-refractivity contribution in [3.8, 4) is 0 Å². The van der Waals surface area contributed by atoms with E-state index >= 15 is 0 Å². The Morgan fingerprint density at radius 3 is 1.97 bits per heavy atom. The number of ether oxygens (including phenoxy) is 2. The second kappa shape index (κ2) is 12.4. The number of benzene rings is 2. The highest BCUT2D eigenvalue weighted by atomic mass is 16.5. The van der Waals surface area contributed by atoms with Crippen molar-refractivity contribution in [1.82, 2.24) is 16.0 Å². The molecule has 0 spiro atoms. The fourth-order valence-corrected chi connectivity index (χ4v) is 3.06. The van der Waals surface area contributed by atoms with Crippen molar-refractivity contribution in [2.75, 3.05) is 7.11 Å². The second-order valence-corrected chi connectivity index (χ2v) is 8.28. The minimum atomic E-state index is -1.30.